The highest BCUT2D eigenvalue weighted by Gasteiger charge is 2.64. The number of benzene rings is 2. The van der Waals surface area contributed by atoms with Crippen molar-refractivity contribution >= 4 is 5.97 Å². The van der Waals surface area contributed by atoms with E-state index < -0.39 is 47.1 Å². The van der Waals surface area contributed by atoms with Gasteiger partial charge in [-0.25, -0.2) is 13.2 Å². The molecule has 1 heterocycles. The number of hydrogen-bond donors (Lipinski definition) is 3. The van der Waals surface area contributed by atoms with Crippen LogP contribution in [0.2, 0.25) is 0 Å². The summed E-state index contributed by atoms with van der Waals surface area (Å²) in [6.07, 6.45) is -1.54. The summed E-state index contributed by atoms with van der Waals surface area (Å²) in [5.41, 5.74) is 1.98. The van der Waals surface area contributed by atoms with E-state index in [1.54, 1.807) is 13.8 Å². The van der Waals surface area contributed by atoms with E-state index in [1.165, 1.54) is 0 Å². The Morgan fingerprint density at radius 2 is 1.89 bits per heavy atom. The van der Waals surface area contributed by atoms with Crippen LogP contribution < -0.4 is 10.1 Å². The van der Waals surface area contributed by atoms with Gasteiger partial charge >= 0.3 is 5.97 Å². The number of aliphatic hydroxyl groups is 1. The molecule has 2 aromatic carbocycles. The standard InChI is InChI=1S/C26H30F3NO5/c1-12-5-6-16(20-21-22(25(32)33)24(21)35-23(12)20)13(2)34-11-15(31)10-30-26(3,4)9-14-7-18(28)19(29)8-17(14)27/h5-8,13,15,21-22,24,30-31H,9-11H2,1-4H3,(H,32,33)/t13-,15?,21+,22+,24+/m1/s1. The molecule has 3 N–H and O–H groups in total. The maximum atomic E-state index is 14.0. The van der Waals surface area contributed by atoms with Crippen molar-refractivity contribution in [2.45, 2.75) is 63.9 Å². The summed E-state index contributed by atoms with van der Waals surface area (Å²) in [6, 6.07) is 5.19. The Labute approximate surface area is 202 Å². The Bertz CT molecular complexity index is 1140. The van der Waals surface area contributed by atoms with Gasteiger partial charge in [-0.2, -0.15) is 0 Å². The van der Waals surface area contributed by atoms with E-state index >= 15 is 0 Å². The molecular formula is C26H30F3NO5. The van der Waals surface area contributed by atoms with Crippen LogP contribution in [0.4, 0.5) is 13.2 Å². The molecule has 0 saturated heterocycles. The quantitative estimate of drug-likeness (QED) is 0.434. The zero-order chi connectivity index (χ0) is 25.7. The molecule has 1 saturated carbocycles. The number of rotatable bonds is 10. The molecule has 1 fully saturated rings. The second kappa shape index (κ2) is 9.44. The molecule has 0 bridgehead atoms. The Kier molecular flexibility index (Phi) is 6.87. The fourth-order valence-electron chi connectivity index (χ4n) is 4.82. The van der Waals surface area contributed by atoms with Crippen LogP contribution in [0.3, 0.4) is 0 Å². The third-order valence-electron chi connectivity index (χ3n) is 6.77. The number of β-amino-alcohol motifs (C(OH)–C–C–N with tert-alkyl or cyclic N) is 1. The molecule has 1 unspecified atom stereocenters. The first-order valence-electron chi connectivity index (χ1n) is 11.6. The minimum absolute atomic E-state index is 0.00372. The van der Waals surface area contributed by atoms with Crippen molar-refractivity contribution in [3.63, 3.8) is 0 Å². The molecule has 6 nitrogen and oxygen atoms in total. The third kappa shape index (κ3) is 5.17. The smallest absolute Gasteiger partial charge is 0.311 e. The molecule has 1 aliphatic heterocycles. The van der Waals surface area contributed by atoms with Crippen LogP contribution in [-0.2, 0) is 16.0 Å². The summed E-state index contributed by atoms with van der Waals surface area (Å²) < 4.78 is 52.5. The Morgan fingerprint density at radius 1 is 1.20 bits per heavy atom. The van der Waals surface area contributed by atoms with Crippen LogP contribution in [0.25, 0.3) is 0 Å². The van der Waals surface area contributed by atoms with E-state index in [-0.39, 0.29) is 37.2 Å². The maximum Gasteiger partial charge on any atom is 0.311 e. The zero-order valence-electron chi connectivity index (χ0n) is 20.1. The van der Waals surface area contributed by atoms with E-state index in [0.717, 1.165) is 28.5 Å². The summed E-state index contributed by atoms with van der Waals surface area (Å²) in [5.74, 6) is -4.06. The number of halogens is 3. The first-order valence-corrected chi connectivity index (χ1v) is 11.6. The number of nitrogens with one attached hydrogen (secondary N) is 1. The fraction of sp³-hybridized carbons (Fsp3) is 0.500. The molecule has 9 heteroatoms. The van der Waals surface area contributed by atoms with Gasteiger partial charge in [-0.3, -0.25) is 4.79 Å². The van der Waals surface area contributed by atoms with Crippen LogP contribution in [0.1, 0.15) is 55.0 Å². The van der Waals surface area contributed by atoms with Crippen molar-refractivity contribution in [2.24, 2.45) is 5.92 Å². The number of carboxylic acids is 1. The topological polar surface area (TPSA) is 88.0 Å². The normalized spacial score (nSPS) is 22.2. The number of aryl methyl sites for hydroxylation is 1. The molecule has 4 rings (SSSR count). The largest absolute Gasteiger partial charge is 0.488 e. The summed E-state index contributed by atoms with van der Waals surface area (Å²) in [7, 11) is 0. The van der Waals surface area contributed by atoms with E-state index in [1.807, 2.05) is 26.0 Å². The third-order valence-corrected chi connectivity index (χ3v) is 6.77. The van der Waals surface area contributed by atoms with E-state index in [9.17, 15) is 28.2 Å². The van der Waals surface area contributed by atoms with Crippen molar-refractivity contribution in [1.82, 2.24) is 5.32 Å². The van der Waals surface area contributed by atoms with Crippen molar-refractivity contribution < 1.29 is 37.7 Å². The van der Waals surface area contributed by atoms with E-state index in [4.69, 9.17) is 9.47 Å². The molecule has 2 aliphatic rings. The van der Waals surface area contributed by atoms with Gasteiger partial charge < -0.3 is 25.0 Å². The van der Waals surface area contributed by atoms with Gasteiger partial charge in [0.25, 0.3) is 0 Å². The lowest BCUT2D eigenvalue weighted by Crippen LogP contribution is -2.46. The van der Waals surface area contributed by atoms with Gasteiger partial charge in [-0.05, 0) is 56.9 Å². The maximum absolute atomic E-state index is 14.0. The lowest BCUT2D eigenvalue weighted by Gasteiger charge is -2.28. The summed E-state index contributed by atoms with van der Waals surface area (Å²) in [6.45, 7) is 7.43. The van der Waals surface area contributed by atoms with Gasteiger partial charge in [0, 0.05) is 29.6 Å². The average Bonchev–Trinajstić information content (AvgIpc) is 3.36. The van der Waals surface area contributed by atoms with Gasteiger partial charge in [-0.1, -0.05) is 12.1 Å². The predicted molar refractivity (Wildman–Crippen MR) is 122 cm³/mol. The second-order valence-corrected chi connectivity index (χ2v) is 10.1. The molecule has 0 spiro atoms. The lowest BCUT2D eigenvalue weighted by molar-refractivity contribution is -0.139. The van der Waals surface area contributed by atoms with Gasteiger partial charge in [0.1, 0.15) is 23.6 Å². The number of hydrogen-bond acceptors (Lipinski definition) is 5. The highest BCUT2D eigenvalue weighted by atomic mass is 19.2. The summed E-state index contributed by atoms with van der Waals surface area (Å²) >= 11 is 0. The van der Waals surface area contributed by atoms with Crippen molar-refractivity contribution in [3.05, 3.63) is 64.0 Å². The molecule has 35 heavy (non-hydrogen) atoms. The Hall–Kier alpha value is -2.62. The molecule has 2 aromatic rings. The van der Waals surface area contributed by atoms with Crippen LogP contribution >= 0.6 is 0 Å². The molecule has 190 valence electrons. The highest BCUT2D eigenvalue weighted by Crippen LogP contribution is 2.61. The van der Waals surface area contributed by atoms with Crippen molar-refractivity contribution in [1.29, 1.82) is 0 Å². The van der Waals surface area contributed by atoms with Gasteiger partial charge in [0.15, 0.2) is 11.6 Å². The lowest BCUT2D eigenvalue weighted by atomic mass is 9.94. The van der Waals surface area contributed by atoms with Crippen LogP contribution in [0.15, 0.2) is 24.3 Å². The number of fused-ring (bicyclic) bond motifs is 3. The van der Waals surface area contributed by atoms with Crippen LogP contribution in [0, 0.1) is 30.3 Å². The number of aliphatic hydroxyl groups excluding tert-OH is 1. The van der Waals surface area contributed by atoms with E-state index in [0.29, 0.717) is 6.07 Å². The van der Waals surface area contributed by atoms with Gasteiger partial charge in [0.2, 0.25) is 0 Å². The second-order valence-electron chi connectivity index (χ2n) is 10.1. The van der Waals surface area contributed by atoms with Crippen LogP contribution in [-0.4, -0.2) is 47.1 Å². The SMILES string of the molecule is Cc1ccc([C@@H](C)OCC(O)CNC(C)(C)Cc2cc(F)c(F)cc2F)c2c1O[C@@H]1[C@@H](C(=O)O)[C@H]21. The Morgan fingerprint density at radius 3 is 2.57 bits per heavy atom. The zero-order valence-corrected chi connectivity index (χ0v) is 20.1. The first kappa shape index (κ1) is 25.5. The molecule has 0 amide bonds. The number of carbonyl (C=O) groups is 1. The minimum Gasteiger partial charge on any atom is -0.488 e. The average molecular weight is 494 g/mol. The summed E-state index contributed by atoms with van der Waals surface area (Å²) in [5, 5.41) is 23.0. The molecule has 1 aliphatic carbocycles. The number of ether oxygens (including phenoxy) is 2. The minimum atomic E-state index is -1.24. The van der Waals surface area contributed by atoms with Crippen molar-refractivity contribution in [2.75, 3.05) is 13.2 Å². The van der Waals surface area contributed by atoms with E-state index in [2.05, 4.69) is 5.32 Å². The summed E-state index contributed by atoms with van der Waals surface area (Å²) in [4.78, 5) is 11.5. The number of carboxylic acid groups (broad SMARTS) is 1. The molecule has 0 radical (unpaired) electrons. The van der Waals surface area contributed by atoms with Gasteiger partial charge in [0.05, 0.1) is 18.8 Å². The highest BCUT2D eigenvalue weighted by molar-refractivity contribution is 5.79. The van der Waals surface area contributed by atoms with Crippen molar-refractivity contribution in [3.8, 4) is 5.75 Å². The molecular weight excluding hydrogens is 463 g/mol. The van der Waals surface area contributed by atoms with Gasteiger partial charge in [-0.15, -0.1) is 0 Å². The predicted octanol–water partition coefficient (Wildman–Crippen LogP) is 4.02. The monoisotopic (exact) mass is 493 g/mol. The van der Waals surface area contributed by atoms with Crippen LogP contribution in [0.5, 0.6) is 5.75 Å². The first-order chi connectivity index (χ1) is 16.4. The molecule has 5 atom stereocenters. The number of aliphatic carboxylic acids is 1. The fourth-order valence-corrected chi connectivity index (χ4v) is 4.82. The molecule has 0 aromatic heterocycles. The Balaban J connectivity index is 1.33.